The summed E-state index contributed by atoms with van der Waals surface area (Å²) in [6, 6.07) is 1.69. The van der Waals surface area contributed by atoms with Crippen molar-refractivity contribution in [1.29, 1.82) is 0 Å². The van der Waals surface area contributed by atoms with Crippen LogP contribution in [0.4, 0.5) is 0 Å². The maximum absolute atomic E-state index is 13.3. The summed E-state index contributed by atoms with van der Waals surface area (Å²) in [6.45, 7) is 3.10. The number of methoxy groups -OCH3 is 1. The molecule has 0 aromatic carbocycles. The zero-order valence-corrected chi connectivity index (χ0v) is 22.1. The summed E-state index contributed by atoms with van der Waals surface area (Å²) < 4.78 is 27.6. The summed E-state index contributed by atoms with van der Waals surface area (Å²) in [4.78, 5) is 26.4. The average molecular weight is 553 g/mol. The van der Waals surface area contributed by atoms with Crippen LogP contribution in [-0.4, -0.2) is 93.6 Å². The van der Waals surface area contributed by atoms with Crippen LogP contribution >= 0.6 is 0 Å². The molecule has 0 spiro atoms. The van der Waals surface area contributed by atoms with Gasteiger partial charge in [0, 0.05) is 22.0 Å². The van der Waals surface area contributed by atoms with Gasteiger partial charge in [0.05, 0.1) is 32.3 Å². The Morgan fingerprint density at radius 2 is 1.90 bits per heavy atom. The molecule has 0 radical (unpaired) electrons. The minimum Gasteiger partial charge on any atom is -0.472 e. The van der Waals surface area contributed by atoms with E-state index in [0.717, 1.165) is 0 Å². The van der Waals surface area contributed by atoms with Crippen LogP contribution in [-0.2, 0) is 28.5 Å². The maximum Gasteiger partial charge on any atom is 0.339 e. The molecule has 1 aromatic rings. The van der Waals surface area contributed by atoms with Gasteiger partial charge in [-0.05, 0) is 43.7 Å². The number of hydrogen-bond donors (Lipinski definition) is 5. The summed E-state index contributed by atoms with van der Waals surface area (Å²) in [5, 5.41) is 52.3. The molecule has 11 atom stereocenters. The van der Waals surface area contributed by atoms with E-state index in [4.69, 9.17) is 23.4 Å². The highest BCUT2D eigenvalue weighted by Gasteiger charge is 2.69. The Morgan fingerprint density at radius 1 is 1.15 bits per heavy atom. The number of aliphatic hydroxyl groups is 5. The molecule has 5 N–H and O–H groups in total. The van der Waals surface area contributed by atoms with Crippen molar-refractivity contribution in [3.63, 3.8) is 0 Å². The molecule has 5 rings (SSSR count). The number of esters is 2. The lowest BCUT2D eigenvalue weighted by Gasteiger charge is -2.63. The maximum atomic E-state index is 13.3. The third-order valence-electron chi connectivity index (χ3n) is 9.60. The van der Waals surface area contributed by atoms with E-state index < -0.39 is 83.8 Å². The predicted octanol–water partition coefficient (Wildman–Crippen LogP) is 0.109. The van der Waals surface area contributed by atoms with Crippen LogP contribution < -0.4 is 0 Å². The summed E-state index contributed by atoms with van der Waals surface area (Å²) >= 11 is 0. The van der Waals surface area contributed by atoms with Crippen molar-refractivity contribution in [2.45, 2.75) is 88.0 Å². The van der Waals surface area contributed by atoms with E-state index in [1.54, 1.807) is 12.1 Å². The number of fused-ring (bicyclic) bond motifs is 3. The summed E-state index contributed by atoms with van der Waals surface area (Å²) in [6.07, 6.45) is -3.62. The van der Waals surface area contributed by atoms with E-state index in [2.05, 4.69) is 0 Å². The first kappa shape index (κ1) is 28.2. The number of rotatable bonds is 5. The fraction of sp³-hybridized carbons (Fsp3) is 0.704. The van der Waals surface area contributed by atoms with E-state index in [9.17, 15) is 35.1 Å². The average Bonchev–Trinajstić information content (AvgIpc) is 3.46. The van der Waals surface area contributed by atoms with Crippen LogP contribution in [0.15, 0.2) is 34.7 Å². The molecule has 2 aliphatic carbocycles. The number of ether oxygens (including phenoxy) is 4. The van der Waals surface area contributed by atoms with Crippen molar-refractivity contribution in [1.82, 2.24) is 0 Å². The molecule has 216 valence electrons. The highest BCUT2D eigenvalue weighted by Crippen LogP contribution is 2.66. The number of aliphatic hydroxyl groups excluding tert-OH is 4. The normalized spacial score (nSPS) is 45.9. The topological polar surface area (TPSA) is 185 Å². The minimum atomic E-state index is -1.83. The monoisotopic (exact) mass is 552 g/mol. The van der Waals surface area contributed by atoms with Gasteiger partial charge in [-0.2, -0.15) is 0 Å². The molecule has 1 saturated carbocycles. The number of hydrogen-bond acceptors (Lipinski definition) is 12. The lowest BCUT2D eigenvalue weighted by atomic mass is 9.44. The molecule has 0 bridgehead atoms. The molecule has 3 fully saturated rings. The van der Waals surface area contributed by atoms with Crippen molar-refractivity contribution in [2.75, 3.05) is 13.7 Å². The number of carbonyl (C=O) groups excluding carboxylic acids is 2. The summed E-state index contributed by atoms with van der Waals surface area (Å²) in [5.41, 5.74) is -2.77. The predicted molar refractivity (Wildman–Crippen MR) is 129 cm³/mol. The fourth-order valence-electron chi connectivity index (χ4n) is 7.21. The number of furan rings is 1. The smallest absolute Gasteiger partial charge is 0.339 e. The van der Waals surface area contributed by atoms with Crippen LogP contribution in [0.25, 0.3) is 0 Å². The van der Waals surface area contributed by atoms with Crippen molar-refractivity contribution < 1.29 is 58.5 Å². The van der Waals surface area contributed by atoms with Crippen molar-refractivity contribution >= 4 is 11.9 Å². The standard InChI is InChI=1S/C27H36O12/c1-25-5-6-27(34)24(33)39-16(13-4-7-36-12-13)10-26(27,2)18(25)9-14(8-15(25)22(32)35-3)37-23-21(31)20(30)19(29)17(11-28)38-23/h4,7-8,12,14,16-21,23,28-31,34H,5-6,9-11H2,1-3H3/t14?,16?,17?,18-,19?,20?,21?,23?,25+,26+,27+/m1/s1. The molecule has 4 aliphatic rings. The van der Waals surface area contributed by atoms with Crippen molar-refractivity contribution in [3.05, 3.63) is 35.8 Å². The first-order valence-electron chi connectivity index (χ1n) is 13.1. The van der Waals surface area contributed by atoms with Gasteiger partial charge in [-0.25, -0.2) is 9.59 Å². The third kappa shape index (κ3) is 4.24. The molecule has 0 amide bonds. The molecular weight excluding hydrogens is 516 g/mol. The molecular formula is C27H36O12. The highest BCUT2D eigenvalue weighted by atomic mass is 16.7. The molecule has 1 aromatic heterocycles. The molecule has 12 heteroatoms. The van der Waals surface area contributed by atoms with Gasteiger partial charge in [0.1, 0.15) is 30.5 Å². The van der Waals surface area contributed by atoms with Crippen molar-refractivity contribution in [3.8, 4) is 0 Å². The number of carbonyl (C=O) groups is 2. The fourth-order valence-corrected chi connectivity index (χ4v) is 7.21. The zero-order chi connectivity index (χ0) is 28.3. The van der Waals surface area contributed by atoms with Gasteiger partial charge in [0.15, 0.2) is 11.9 Å². The van der Waals surface area contributed by atoms with Crippen molar-refractivity contribution in [2.24, 2.45) is 16.7 Å². The van der Waals surface area contributed by atoms with E-state index in [0.29, 0.717) is 17.6 Å². The van der Waals surface area contributed by atoms with Crippen LogP contribution in [0, 0.1) is 16.7 Å². The Morgan fingerprint density at radius 3 is 2.54 bits per heavy atom. The Bertz CT molecular complexity index is 1120. The Hall–Kier alpha value is -2.32. The Kier molecular flexibility index (Phi) is 7.20. The van der Waals surface area contributed by atoms with Gasteiger partial charge in [0.25, 0.3) is 0 Å². The SMILES string of the molecule is COC(=O)C1=CC(OC2OC(CO)C(O)C(O)C2O)C[C@@H]2[C@@]1(C)CC[C@]1(O)C(=O)OC(c3ccoc3)C[C@@]21C. The van der Waals surface area contributed by atoms with E-state index >= 15 is 0 Å². The Labute approximate surface area is 225 Å². The van der Waals surface area contributed by atoms with Gasteiger partial charge < -0.3 is 48.9 Å². The highest BCUT2D eigenvalue weighted by molar-refractivity contribution is 5.91. The minimum absolute atomic E-state index is 0.0695. The van der Waals surface area contributed by atoms with Gasteiger partial charge in [0.2, 0.25) is 0 Å². The second-order valence-corrected chi connectivity index (χ2v) is 11.6. The van der Waals surface area contributed by atoms with Gasteiger partial charge in [-0.1, -0.05) is 13.8 Å². The van der Waals surface area contributed by atoms with Crippen LogP contribution in [0.1, 0.15) is 51.2 Å². The zero-order valence-electron chi connectivity index (χ0n) is 22.1. The molecule has 7 unspecified atom stereocenters. The third-order valence-corrected chi connectivity index (χ3v) is 9.60. The van der Waals surface area contributed by atoms with Crippen LogP contribution in [0.2, 0.25) is 0 Å². The second kappa shape index (κ2) is 9.95. The van der Waals surface area contributed by atoms with E-state index in [1.165, 1.54) is 19.6 Å². The number of cyclic esters (lactones) is 1. The second-order valence-electron chi connectivity index (χ2n) is 11.6. The van der Waals surface area contributed by atoms with Gasteiger partial charge >= 0.3 is 11.9 Å². The molecule has 39 heavy (non-hydrogen) atoms. The quantitative estimate of drug-likeness (QED) is 0.311. The van der Waals surface area contributed by atoms with Crippen LogP contribution in [0.3, 0.4) is 0 Å². The van der Waals surface area contributed by atoms with E-state index in [1.807, 2.05) is 13.8 Å². The first-order chi connectivity index (χ1) is 18.4. The lowest BCUT2D eigenvalue weighted by molar-refractivity contribution is -0.312. The lowest BCUT2D eigenvalue weighted by Crippen LogP contribution is -2.68. The van der Waals surface area contributed by atoms with Gasteiger partial charge in [-0.15, -0.1) is 0 Å². The largest absolute Gasteiger partial charge is 0.472 e. The Balaban J connectivity index is 1.52. The first-order valence-corrected chi connectivity index (χ1v) is 13.1. The van der Waals surface area contributed by atoms with E-state index in [-0.39, 0.29) is 19.3 Å². The summed E-state index contributed by atoms with van der Waals surface area (Å²) in [7, 11) is 1.26. The molecule has 2 saturated heterocycles. The molecule has 2 aliphatic heterocycles. The summed E-state index contributed by atoms with van der Waals surface area (Å²) in [5.74, 6) is -1.84. The van der Waals surface area contributed by atoms with Crippen LogP contribution in [0.5, 0.6) is 0 Å². The van der Waals surface area contributed by atoms with Gasteiger partial charge in [-0.3, -0.25) is 0 Å². The molecule has 12 nitrogen and oxygen atoms in total. The molecule has 3 heterocycles.